The first-order valence-electron chi connectivity index (χ1n) is 9.99. The van der Waals surface area contributed by atoms with Crippen molar-refractivity contribution < 1.29 is 13.5 Å². The quantitative estimate of drug-likeness (QED) is 0.540. The molecule has 0 spiro atoms. The number of hydrogen-bond acceptors (Lipinski definition) is 5. The predicted octanol–water partition coefficient (Wildman–Crippen LogP) is 2.53. The normalized spacial score (nSPS) is 18.4. The highest BCUT2D eigenvalue weighted by molar-refractivity contribution is 7.89. The van der Waals surface area contributed by atoms with E-state index in [1.807, 2.05) is 55.1 Å². The number of aliphatic hydroxyl groups is 1. The van der Waals surface area contributed by atoms with Gasteiger partial charge in [0.15, 0.2) is 0 Å². The summed E-state index contributed by atoms with van der Waals surface area (Å²) in [5, 5.41) is 13.9. The molecule has 1 aliphatic carbocycles. The summed E-state index contributed by atoms with van der Waals surface area (Å²) in [4.78, 5) is 4.49. The summed E-state index contributed by atoms with van der Waals surface area (Å²) in [7, 11) is -1.82. The largest absolute Gasteiger partial charge is 0.391 e. The third kappa shape index (κ3) is 4.12. The van der Waals surface area contributed by atoms with E-state index < -0.39 is 22.2 Å². The Hall–Kier alpha value is -2.68. The summed E-state index contributed by atoms with van der Waals surface area (Å²) in [6, 6.07) is 11.9. The summed E-state index contributed by atoms with van der Waals surface area (Å²) in [5.74, 6) is 0.892. The molecule has 1 aliphatic rings. The molecule has 1 heterocycles. The van der Waals surface area contributed by atoms with Crippen LogP contribution in [0.3, 0.4) is 0 Å². The predicted molar refractivity (Wildman–Crippen MR) is 116 cm³/mol. The highest BCUT2D eigenvalue weighted by atomic mass is 32.2. The van der Waals surface area contributed by atoms with Crippen LogP contribution in [0.1, 0.15) is 35.5 Å². The number of aromatic nitrogens is 2. The Kier molecular flexibility index (Phi) is 5.64. The van der Waals surface area contributed by atoms with E-state index in [2.05, 4.69) is 15.0 Å². The minimum atomic E-state index is -3.75. The van der Waals surface area contributed by atoms with Gasteiger partial charge in [-0.3, -0.25) is 0 Å². The zero-order valence-corrected chi connectivity index (χ0v) is 17.9. The van der Waals surface area contributed by atoms with Gasteiger partial charge in [-0.15, -0.1) is 0 Å². The van der Waals surface area contributed by atoms with Gasteiger partial charge in [-0.05, 0) is 47.4 Å². The van der Waals surface area contributed by atoms with E-state index in [0.717, 1.165) is 34.6 Å². The third-order valence-electron chi connectivity index (χ3n) is 5.59. The first kappa shape index (κ1) is 20.6. The molecule has 4 rings (SSSR count). The number of hydrogen-bond donors (Lipinski definition) is 3. The SMILES string of the molecule is CCc1ccc(S(=O)(=O)NC2c3cc(NCc4nccn4C)ccc3CC2O)cc1. The second kappa shape index (κ2) is 8.22. The van der Waals surface area contributed by atoms with E-state index in [1.165, 1.54) is 0 Å². The molecule has 7 nitrogen and oxygen atoms in total. The third-order valence-corrected chi connectivity index (χ3v) is 7.05. The number of fused-ring (bicyclic) bond motifs is 1. The van der Waals surface area contributed by atoms with Crippen molar-refractivity contribution in [2.24, 2.45) is 7.05 Å². The lowest BCUT2D eigenvalue weighted by molar-refractivity contribution is 0.151. The molecule has 3 N–H and O–H groups in total. The maximum atomic E-state index is 12.9. The molecule has 158 valence electrons. The van der Waals surface area contributed by atoms with Crippen molar-refractivity contribution in [2.45, 2.75) is 43.4 Å². The molecule has 0 aliphatic heterocycles. The second-order valence-corrected chi connectivity index (χ2v) is 9.30. The first-order valence-corrected chi connectivity index (χ1v) is 11.5. The van der Waals surface area contributed by atoms with Gasteiger partial charge in [-0.2, -0.15) is 0 Å². The van der Waals surface area contributed by atoms with Crippen LogP contribution in [0.4, 0.5) is 5.69 Å². The van der Waals surface area contributed by atoms with Crippen LogP contribution in [0.2, 0.25) is 0 Å². The first-order chi connectivity index (χ1) is 14.4. The minimum Gasteiger partial charge on any atom is -0.391 e. The van der Waals surface area contributed by atoms with Crippen LogP contribution < -0.4 is 10.0 Å². The Balaban J connectivity index is 1.54. The Morgan fingerprint density at radius 1 is 1.20 bits per heavy atom. The van der Waals surface area contributed by atoms with Gasteiger partial charge in [0.25, 0.3) is 0 Å². The Morgan fingerprint density at radius 3 is 2.63 bits per heavy atom. The van der Waals surface area contributed by atoms with Crippen LogP contribution in [0, 0.1) is 0 Å². The molecule has 0 saturated carbocycles. The van der Waals surface area contributed by atoms with Crippen LogP contribution in [-0.2, 0) is 36.5 Å². The van der Waals surface area contributed by atoms with Crippen LogP contribution in [0.5, 0.6) is 0 Å². The smallest absolute Gasteiger partial charge is 0.241 e. The second-order valence-electron chi connectivity index (χ2n) is 7.59. The molecule has 1 aromatic heterocycles. The topological polar surface area (TPSA) is 96.3 Å². The number of sulfonamides is 1. The molecule has 8 heteroatoms. The fourth-order valence-electron chi connectivity index (χ4n) is 3.76. The van der Waals surface area contributed by atoms with Gasteiger partial charge in [0.2, 0.25) is 10.0 Å². The average Bonchev–Trinajstić information content (AvgIpc) is 3.28. The van der Waals surface area contributed by atoms with Crippen molar-refractivity contribution >= 4 is 15.7 Å². The number of imidazole rings is 1. The Bertz CT molecular complexity index is 1140. The summed E-state index contributed by atoms with van der Waals surface area (Å²) in [5.41, 5.74) is 3.66. The molecule has 0 fully saturated rings. The van der Waals surface area contributed by atoms with E-state index in [-0.39, 0.29) is 4.90 Å². The molecule has 0 saturated heterocycles. The summed E-state index contributed by atoms with van der Waals surface area (Å²) >= 11 is 0. The molecular weight excluding hydrogens is 400 g/mol. The van der Waals surface area contributed by atoms with Gasteiger partial charge in [-0.25, -0.2) is 18.1 Å². The molecule has 2 atom stereocenters. The highest BCUT2D eigenvalue weighted by Gasteiger charge is 2.34. The fourth-order valence-corrected chi connectivity index (χ4v) is 5.01. The molecule has 0 radical (unpaired) electrons. The van der Waals surface area contributed by atoms with Gasteiger partial charge in [-0.1, -0.05) is 25.1 Å². The lowest BCUT2D eigenvalue weighted by Gasteiger charge is -2.19. The molecule has 0 bridgehead atoms. The molecular formula is C22H26N4O3S. The average molecular weight is 427 g/mol. The summed E-state index contributed by atoms with van der Waals surface area (Å²) in [6.45, 7) is 2.57. The van der Waals surface area contributed by atoms with Crippen LogP contribution in [-0.4, -0.2) is 29.2 Å². The molecule has 3 aromatic rings. The number of nitrogens with one attached hydrogen (secondary N) is 2. The lowest BCUT2D eigenvalue weighted by Crippen LogP contribution is -2.33. The van der Waals surface area contributed by atoms with Crippen LogP contribution >= 0.6 is 0 Å². The minimum absolute atomic E-state index is 0.199. The summed E-state index contributed by atoms with van der Waals surface area (Å²) < 4.78 is 30.4. The molecule has 0 amide bonds. The van der Waals surface area contributed by atoms with Crippen molar-refractivity contribution in [3.05, 3.63) is 77.4 Å². The van der Waals surface area contributed by atoms with Crippen molar-refractivity contribution in [3.8, 4) is 0 Å². The standard InChI is InChI=1S/C22H26N4O3S/c1-3-15-4-8-18(9-5-15)30(28,29)25-22-19-13-17(7-6-16(19)12-20(22)27)24-14-21-23-10-11-26(21)2/h4-11,13,20,22,24-25,27H,3,12,14H2,1-2H3. The molecule has 30 heavy (non-hydrogen) atoms. The number of benzene rings is 2. The van der Waals surface area contributed by atoms with Crippen molar-refractivity contribution in [1.82, 2.24) is 14.3 Å². The van der Waals surface area contributed by atoms with E-state index in [9.17, 15) is 13.5 Å². The monoisotopic (exact) mass is 426 g/mol. The van der Waals surface area contributed by atoms with E-state index in [0.29, 0.717) is 13.0 Å². The van der Waals surface area contributed by atoms with E-state index in [1.54, 1.807) is 18.3 Å². The van der Waals surface area contributed by atoms with Gasteiger partial charge >= 0.3 is 0 Å². The van der Waals surface area contributed by atoms with Gasteiger partial charge in [0.05, 0.1) is 23.6 Å². The van der Waals surface area contributed by atoms with Crippen LogP contribution in [0.15, 0.2) is 59.8 Å². The van der Waals surface area contributed by atoms with Gasteiger partial charge < -0.3 is 15.0 Å². The zero-order valence-electron chi connectivity index (χ0n) is 17.0. The maximum absolute atomic E-state index is 12.9. The van der Waals surface area contributed by atoms with Crippen molar-refractivity contribution in [1.29, 1.82) is 0 Å². The van der Waals surface area contributed by atoms with E-state index >= 15 is 0 Å². The summed E-state index contributed by atoms with van der Waals surface area (Å²) in [6.07, 6.45) is 4.07. The highest BCUT2D eigenvalue weighted by Crippen LogP contribution is 2.34. The number of aryl methyl sites for hydroxylation is 2. The lowest BCUT2D eigenvalue weighted by atomic mass is 10.1. The molecule has 2 unspecified atom stereocenters. The number of aliphatic hydroxyl groups excluding tert-OH is 1. The number of rotatable bonds is 7. The van der Waals surface area contributed by atoms with E-state index in [4.69, 9.17) is 0 Å². The Labute approximate surface area is 176 Å². The van der Waals surface area contributed by atoms with Gasteiger partial charge in [0.1, 0.15) is 5.82 Å². The van der Waals surface area contributed by atoms with Crippen LogP contribution in [0.25, 0.3) is 0 Å². The number of nitrogens with zero attached hydrogens (tertiary/aromatic N) is 2. The number of anilines is 1. The van der Waals surface area contributed by atoms with Crippen molar-refractivity contribution in [3.63, 3.8) is 0 Å². The zero-order chi connectivity index (χ0) is 21.3. The molecule has 2 aromatic carbocycles. The maximum Gasteiger partial charge on any atom is 0.241 e. The Morgan fingerprint density at radius 2 is 1.97 bits per heavy atom. The fraction of sp³-hybridized carbons (Fsp3) is 0.318. The van der Waals surface area contributed by atoms with Gasteiger partial charge in [0, 0.05) is 31.5 Å². The van der Waals surface area contributed by atoms with Crippen molar-refractivity contribution in [2.75, 3.05) is 5.32 Å².